The van der Waals surface area contributed by atoms with E-state index in [1.165, 1.54) is 57.8 Å². The van der Waals surface area contributed by atoms with Crippen LogP contribution < -0.4 is 0 Å². The van der Waals surface area contributed by atoms with Gasteiger partial charge in [0.2, 0.25) is 0 Å². The summed E-state index contributed by atoms with van der Waals surface area (Å²) < 4.78 is 0. The first kappa shape index (κ1) is 32.6. The summed E-state index contributed by atoms with van der Waals surface area (Å²) in [5.41, 5.74) is 0. The largest absolute Gasteiger partial charge is 0.396 e. The van der Waals surface area contributed by atoms with Gasteiger partial charge in [-0.05, 0) is 6.42 Å². The summed E-state index contributed by atoms with van der Waals surface area (Å²) in [5.74, 6) is 0. The van der Waals surface area contributed by atoms with E-state index in [0.29, 0.717) is 6.61 Å². The topological polar surface area (TPSA) is 20.2 Å². The Hall–Kier alpha value is 0.759. The molecule has 126 valence electrons. The SMILES string of the molecule is CCCC.CCCC.CCCC.CCCCCCO.[Sn]. The molecular weight excluding hydrogens is 351 g/mol. The van der Waals surface area contributed by atoms with Crippen molar-refractivity contribution in [3.63, 3.8) is 0 Å². The number of unbranched alkanes of at least 4 members (excludes halogenated alkanes) is 6. The van der Waals surface area contributed by atoms with Crippen molar-refractivity contribution < 1.29 is 5.11 Å². The maximum absolute atomic E-state index is 8.29. The van der Waals surface area contributed by atoms with Gasteiger partial charge >= 0.3 is 0 Å². The maximum atomic E-state index is 8.29. The van der Waals surface area contributed by atoms with E-state index in [0.717, 1.165) is 6.42 Å². The third kappa shape index (κ3) is 98.3. The number of hydrogen-bond acceptors (Lipinski definition) is 1. The first-order chi connectivity index (χ1) is 9.16. The Kier molecular flexibility index (Phi) is 82.1. The molecular formula is C18H44OSn. The summed E-state index contributed by atoms with van der Waals surface area (Å²) >= 11 is 0. The molecule has 0 bridgehead atoms. The van der Waals surface area contributed by atoms with Crippen LogP contribution >= 0.6 is 0 Å². The molecule has 20 heavy (non-hydrogen) atoms. The Morgan fingerprint density at radius 3 is 0.900 bits per heavy atom. The maximum Gasteiger partial charge on any atom is 0.0431 e. The van der Waals surface area contributed by atoms with Crippen LogP contribution in [-0.2, 0) is 0 Å². The smallest absolute Gasteiger partial charge is 0.0431 e. The summed E-state index contributed by atoms with van der Waals surface area (Å²) in [7, 11) is 0. The first-order valence-corrected chi connectivity index (χ1v) is 8.77. The standard InChI is InChI=1S/C6H14O.3C4H10.Sn/c1-2-3-4-5-6-7;3*1-3-4-2;/h7H,2-6H2,1H3;3*3-4H2,1-2H3;. The molecule has 0 saturated carbocycles. The van der Waals surface area contributed by atoms with Crippen molar-refractivity contribution in [2.75, 3.05) is 6.61 Å². The second-order valence-electron chi connectivity index (χ2n) is 4.78. The van der Waals surface area contributed by atoms with Gasteiger partial charge < -0.3 is 5.11 Å². The zero-order chi connectivity index (χ0) is 15.8. The zero-order valence-corrected chi connectivity index (χ0v) is 18.6. The van der Waals surface area contributed by atoms with Gasteiger partial charge in [-0.25, -0.2) is 0 Å². The number of aliphatic hydroxyl groups excluding tert-OH is 1. The van der Waals surface area contributed by atoms with E-state index in [4.69, 9.17) is 5.11 Å². The van der Waals surface area contributed by atoms with Crippen LogP contribution in [0.25, 0.3) is 0 Å². The molecule has 0 aliphatic heterocycles. The van der Waals surface area contributed by atoms with Gasteiger partial charge in [0, 0.05) is 30.5 Å². The molecule has 0 spiro atoms. The van der Waals surface area contributed by atoms with Crippen molar-refractivity contribution in [1.82, 2.24) is 0 Å². The molecule has 0 saturated heterocycles. The minimum absolute atomic E-state index is 0. The molecule has 0 amide bonds. The van der Waals surface area contributed by atoms with E-state index in [9.17, 15) is 0 Å². The van der Waals surface area contributed by atoms with Gasteiger partial charge in [0.05, 0.1) is 0 Å². The second kappa shape index (κ2) is 50.3. The Labute approximate surface area is 148 Å². The minimum atomic E-state index is 0. The fourth-order valence-electron chi connectivity index (χ4n) is 0.539. The molecule has 1 N–H and O–H groups in total. The molecule has 2 heteroatoms. The van der Waals surface area contributed by atoms with E-state index in [2.05, 4.69) is 48.5 Å². The summed E-state index contributed by atoms with van der Waals surface area (Å²) in [6, 6.07) is 0. The van der Waals surface area contributed by atoms with Gasteiger partial charge in [-0.3, -0.25) is 0 Å². The average Bonchev–Trinajstić information content (AvgIpc) is 2.48. The summed E-state index contributed by atoms with van der Waals surface area (Å²) in [4.78, 5) is 0. The molecule has 0 aromatic heterocycles. The van der Waals surface area contributed by atoms with Gasteiger partial charge in [-0.2, -0.15) is 0 Å². The summed E-state index contributed by atoms with van der Waals surface area (Å²) in [6.07, 6.45) is 12.6. The Balaban J connectivity index is -0.0000000512. The molecule has 0 aromatic rings. The molecule has 1 nitrogen and oxygen atoms in total. The molecule has 0 unspecified atom stereocenters. The van der Waals surface area contributed by atoms with Crippen LogP contribution in [0.15, 0.2) is 0 Å². The summed E-state index contributed by atoms with van der Waals surface area (Å²) in [5, 5.41) is 8.29. The fraction of sp³-hybridized carbons (Fsp3) is 1.00. The third-order valence-electron chi connectivity index (χ3n) is 2.51. The number of rotatable bonds is 7. The predicted molar refractivity (Wildman–Crippen MR) is 98.7 cm³/mol. The molecule has 0 rings (SSSR count). The molecule has 4 radical (unpaired) electrons. The van der Waals surface area contributed by atoms with Gasteiger partial charge in [-0.1, -0.05) is 106 Å². The van der Waals surface area contributed by atoms with Crippen molar-refractivity contribution >= 4 is 23.9 Å². The van der Waals surface area contributed by atoms with E-state index in [-0.39, 0.29) is 23.9 Å². The van der Waals surface area contributed by atoms with Crippen LogP contribution in [0.4, 0.5) is 0 Å². The van der Waals surface area contributed by atoms with Crippen molar-refractivity contribution in [3.05, 3.63) is 0 Å². The summed E-state index contributed by atoms with van der Waals surface area (Å²) in [6.45, 7) is 15.6. The van der Waals surface area contributed by atoms with E-state index >= 15 is 0 Å². The van der Waals surface area contributed by atoms with Crippen LogP contribution in [0.3, 0.4) is 0 Å². The molecule has 0 aliphatic rings. The van der Waals surface area contributed by atoms with E-state index in [1.54, 1.807) is 0 Å². The predicted octanol–water partition coefficient (Wildman–Crippen LogP) is 6.60. The molecule has 0 aliphatic carbocycles. The molecule has 0 heterocycles. The van der Waals surface area contributed by atoms with Crippen molar-refractivity contribution in [3.8, 4) is 0 Å². The van der Waals surface area contributed by atoms with Crippen LogP contribution in [0.5, 0.6) is 0 Å². The zero-order valence-electron chi connectivity index (χ0n) is 15.7. The van der Waals surface area contributed by atoms with Gasteiger partial charge in [-0.15, -0.1) is 0 Å². The normalized spacial score (nSPS) is 7.80. The van der Waals surface area contributed by atoms with Gasteiger partial charge in [0.25, 0.3) is 0 Å². The number of hydrogen-bond donors (Lipinski definition) is 1. The Morgan fingerprint density at radius 1 is 0.450 bits per heavy atom. The Morgan fingerprint density at radius 2 is 0.750 bits per heavy atom. The fourth-order valence-corrected chi connectivity index (χ4v) is 0.539. The average molecular weight is 395 g/mol. The van der Waals surface area contributed by atoms with Crippen molar-refractivity contribution in [2.24, 2.45) is 0 Å². The van der Waals surface area contributed by atoms with Crippen LogP contribution in [-0.4, -0.2) is 35.6 Å². The van der Waals surface area contributed by atoms with Crippen LogP contribution in [0, 0.1) is 0 Å². The second-order valence-corrected chi connectivity index (χ2v) is 4.78. The molecule has 0 atom stereocenters. The quantitative estimate of drug-likeness (QED) is 0.381. The monoisotopic (exact) mass is 396 g/mol. The van der Waals surface area contributed by atoms with E-state index in [1.807, 2.05) is 0 Å². The van der Waals surface area contributed by atoms with Crippen molar-refractivity contribution in [2.45, 2.75) is 113 Å². The Bertz CT molecular complexity index is 68.0. The van der Waals surface area contributed by atoms with Crippen LogP contribution in [0.2, 0.25) is 0 Å². The number of aliphatic hydroxyl groups is 1. The van der Waals surface area contributed by atoms with Gasteiger partial charge in [0.15, 0.2) is 0 Å². The van der Waals surface area contributed by atoms with Gasteiger partial charge in [0.1, 0.15) is 0 Å². The molecule has 0 aromatic carbocycles. The van der Waals surface area contributed by atoms with E-state index < -0.39 is 0 Å². The van der Waals surface area contributed by atoms with Crippen LogP contribution in [0.1, 0.15) is 113 Å². The van der Waals surface area contributed by atoms with Crippen molar-refractivity contribution in [1.29, 1.82) is 0 Å². The third-order valence-corrected chi connectivity index (χ3v) is 2.51. The minimum Gasteiger partial charge on any atom is -0.396 e. The molecule has 0 fully saturated rings. The first-order valence-electron chi connectivity index (χ1n) is 8.77.